The van der Waals surface area contributed by atoms with Crippen LogP contribution in [-0.4, -0.2) is 37.2 Å². The van der Waals surface area contributed by atoms with Gasteiger partial charge >= 0.3 is 12.0 Å². The maximum atomic E-state index is 12.1. The number of amides is 3. The third kappa shape index (κ3) is 5.31. The number of rotatable bonds is 6. The highest BCUT2D eigenvalue weighted by molar-refractivity contribution is 6.32. The fourth-order valence-corrected chi connectivity index (χ4v) is 1.95. The summed E-state index contributed by atoms with van der Waals surface area (Å²) < 4.78 is 15.7. The number of methoxy groups -OCH3 is 1. The molecule has 0 spiro atoms. The average Bonchev–Trinajstić information content (AvgIpc) is 2.47. The van der Waals surface area contributed by atoms with Crippen molar-refractivity contribution < 1.29 is 28.6 Å². The van der Waals surface area contributed by atoms with Crippen LogP contribution < -0.4 is 20.5 Å². The normalized spacial score (nSPS) is 11.6. The molecule has 1 unspecified atom stereocenters. The Morgan fingerprint density at radius 3 is 2.33 bits per heavy atom. The molecule has 1 atom stereocenters. The molecule has 3 amide bonds. The lowest BCUT2D eigenvalue weighted by Gasteiger charge is -2.17. The van der Waals surface area contributed by atoms with Crippen molar-refractivity contribution in [1.82, 2.24) is 5.32 Å². The van der Waals surface area contributed by atoms with Gasteiger partial charge in [-0.15, -0.1) is 0 Å². The lowest BCUT2D eigenvalue weighted by atomic mass is 10.2. The number of ether oxygens (including phenoxy) is 3. The van der Waals surface area contributed by atoms with E-state index in [1.807, 2.05) is 19.2 Å². The first-order chi connectivity index (χ1) is 11.1. The molecular weight excluding hydrogens is 340 g/mol. The predicted molar refractivity (Wildman–Crippen MR) is 86.4 cm³/mol. The van der Waals surface area contributed by atoms with Gasteiger partial charge in [0, 0.05) is 0 Å². The summed E-state index contributed by atoms with van der Waals surface area (Å²) in [5, 5.41) is 1.97. The summed E-state index contributed by atoms with van der Waals surface area (Å²) in [6.07, 6.45) is -1.37. The molecule has 24 heavy (non-hydrogen) atoms. The summed E-state index contributed by atoms with van der Waals surface area (Å²) in [5.41, 5.74) is 4.89. The van der Waals surface area contributed by atoms with Crippen molar-refractivity contribution in [3.05, 3.63) is 22.7 Å². The first-order valence-electron chi connectivity index (χ1n) is 7.01. The van der Waals surface area contributed by atoms with Crippen LogP contribution in [0.25, 0.3) is 0 Å². The molecule has 8 nitrogen and oxygen atoms in total. The minimum absolute atomic E-state index is 0.0617. The number of imide groups is 1. The Bertz CT molecular complexity index is 647. The van der Waals surface area contributed by atoms with Gasteiger partial charge in [0.25, 0.3) is 5.91 Å². The van der Waals surface area contributed by atoms with Crippen LogP contribution in [0.4, 0.5) is 4.79 Å². The predicted octanol–water partition coefficient (Wildman–Crippen LogP) is 1.88. The molecule has 3 N–H and O–H groups in total. The van der Waals surface area contributed by atoms with Crippen LogP contribution in [-0.2, 0) is 9.53 Å². The van der Waals surface area contributed by atoms with Crippen LogP contribution >= 0.6 is 11.6 Å². The van der Waals surface area contributed by atoms with E-state index in [0.717, 1.165) is 0 Å². The fraction of sp³-hybridized carbons (Fsp3) is 0.400. The van der Waals surface area contributed by atoms with E-state index in [-0.39, 0.29) is 22.4 Å². The van der Waals surface area contributed by atoms with Gasteiger partial charge < -0.3 is 19.9 Å². The van der Waals surface area contributed by atoms with Gasteiger partial charge in [0.15, 0.2) is 17.6 Å². The molecule has 0 heterocycles. The second kappa shape index (κ2) is 8.39. The van der Waals surface area contributed by atoms with Crippen molar-refractivity contribution in [1.29, 1.82) is 0 Å². The van der Waals surface area contributed by atoms with Crippen molar-refractivity contribution in [2.45, 2.75) is 33.0 Å². The van der Waals surface area contributed by atoms with Crippen LogP contribution in [0.3, 0.4) is 0 Å². The molecule has 1 aromatic rings. The Balaban J connectivity index is 2.97. The Kier molecular flexibility index (Phi) is 6.84. The monoisotopic (exact) mass is 358 g/mol. The Morgan fingerprint density at radius 2 is 1.83 bits per heavy atom. The minimum atomic E-state index is -1.22. The smallest absolute Gasteiger partial charge is 0.339 e. The van der Waals surface area contributed by atoms with Crippen molar-refractivity contribution in [3.8, 4) is 11.5 Å². The number of carbonyl (C=O) groups excluding carboxylic acids is 3. The Labute approximate surface area is 144 Å². The standard InChI is InChI=1S/C15H19ClN2O6/c1-7(2)23-12-10(16)5-9(6-11(12)22-4)14(20)24-8(3)13(19)18-15(17)21/h5-8H,1-4H3,(H3,17,18,19,21). The summed E-state index contributed by atoms with van der Waals surface area (Å²) in [5.74, 6) is -1.12. The van der Waals surface area contributed by atoms with Gasteiger partial charge in [0.1, 0.15) is 0 Å². The number of benzene rings is 1. The van der Waals surface area contributed by atoms with Crippen LogP contribution in [0.5, 0.6) is 11.5 Å². The van der Waals surface area contributed by atoms with Gasteiger partial charge in [0.2, 0.25) is 0 Å². The molecule has 9 heteroatoms. The number of hydrogen-bond acceptors (Lipinski definition) is 6. The summed E-state index contributed by atoms with van der Waals surface area (Å²) in [6, 6.07) is 1.68. The Morgan fingerprint density at radius 1 is 1.21 bits per heavy atom. The number of nitrogens with one attached hydrogen (secondary N) is 1. The van der Waals surface area contributed by atoms with Crippen molar-refractivity contribution in [2.75, 3.05) is 7.11 Å². The van der Waals surface area contributed by atoms with Gasteiger partial charge in [-0.05, 0) is 32.9 Å². The largest absolute Gasteiger partial charge is 0.493 e. The van der Waals surface area contributed by atoms with Gasteiger partial charge in [-0.25, -0.2) is 9.59 Å². The lowest BCUT2D eigenvalue weighted by Crippen LogP contribution is -2.42. The van der Waals surface area contributed by atoms with E-state index >= 15 is 0 Å². The highest BCUT2D eigenvalue weighted by atomic mass is 35.5. The summed E-state index contributed by atoms with van der Waals surface area (Å²) in [7, 11) is 1.40. The van der Waals surface area contributed by atoms with E-state index in [4.69, 9.17) is 31.5 Å². The van der Waals surface area contributed by atoms with Crippen LogP contribution in [0.2, 0.25) is 5.02 Å². The molecule has 0 aliphatic rings. The summed E-state index contributed by atoms with van der Waals surface area (Å²) in [6.45, 7) is 4.93. The number of esters is 1. The fourth-order valence-electron chi connectivity index (χ4n) is 1.69. The summed E-state index contributed by atoms with van der Waals surface area (Å²) >= 11 is 6.12. The van der Waals surface area contributed by atoms with Gasteiger partial charge in [-0.2, -0.15) is 0 Å². The van der Waals surface area contributed by atoms with Crippen LogP contribution in [0, 0.1) is 0 Å². The van der Waals surface area contributed by atoms with E-state index in [9.17, 15) is 14.4 Å². The zero-order valence-electron chi connectivity index (χ0n) is 13.7. The number of carbonyl (C=O) groups is 3. The van der Waals surface area contributed by atoms with E-state index in [0.29, 0.717) is 5.75 Å². The number of nitrogens with two attached hydrogens (primary N) is 1. The first-order valence-corrected chi connectivity index (χ1v) is 7.39. The van der Waals surface area contributed by atoms with E-state index < -0.39 is 24.0 Å². The molecule has 132 valence electrons. The lowest BCUT2D eigenvalue weighted by molar-refractivity contribution is -0.127. The van der Waals surface area contributed by atoms with E-state index in [1.54, 1.807) is 0 Å². The Hall–Kier alpha value is -2.48. The zero-order valence-corrected chi connectivity index (χ0v) is 14.5. The first kappa shape index (κ1) is 19.6. The maximum Gasteiger partial charge on any atom is 0.339 e. The quantitative estimate of drug-likeness (QED) is 0.750. The number of hydrogen-bond donors (Lipinski definition) is 2. The second-order valence-electron chi connectivity index (χ2n) is 5.06. The van der Waals surface area contributed by atoms with E-state index in [2.05, 4.69) is 0 Å². The third-order valence-corrected chi connectivity index (χ3v) is 3.00. The molecule has 0 bridgehead atoms. The van der Waals surface area contributed by atoms with Gasteiger partial charge in [0.05, 0.1) is 23.8 Å². The zero-order chi connectivity index (χ0) is 18.4. The second-order valence-corrected chi connectivity index (χ2v) is 5.46. The molecule has 0 fully saturated rings. The molecule has 0 radical (unpaired) electrons. The SMILES string of the molecule is COc1cc(C(=O)OC(C)C(=O)NC(N)=O)cc(Cl)c1OC(C)C. The number of primary amides is 1. The molecular formula is C15H19ClN2O6. The number of urea groups is 1. The average molecular weight is 359 g/mol. The van der Waals surface area contributed by atoms with Gasteiger partial charge in [-0.1, -0.05) is 11.6 Å². The molecule has 0 saturated carbocycles. The molecule has 0 aliphatic carbocycles. The third-order valence-electron chi connectivity index (χ3n) is 2.72. The highest BCUT2D eigenvalue weighted by Gasteiger charge is 2.22. The molecule has 1 aromatic carbocycles. The van der Waals surface area contributed by atoms with Crippen molar-refractivity contribution >= 4 is 29.5 Å². The van der Waals surface area contributed by atoms with Crippen molar-refractivity contribution in [3.63, 3.8) is 0 Å². The molecule has 0 aromatic heterocycles. The molecule has 0 aliphatic heterocycles. The van der Waals surface area contributed by atoms with Crippen molar-refractivity contribution in [2.24, 2.45) is 5.73 Å². The molecule has 0 saturated heterocycles. The van der Waals surface area contributed by atoms with E-state index in [1.165, 1.54) is 26.2 Å². The van der Waals surface area contributed by atoms with Crippen LogP contribution in [0.15, 0.2) is 12.1 Å². The maximum absolute atomic E-state index is 12.1. The minimum Gasteiger partial charge on any atom is -0.493 e. The highest BCUT2D eigenvalue weighted by Crippen LogP contribution is 2.37. The van der Waals surface area contributed by atoms with Crippen LogP contribution in [0.1, 0.15) is 31.1 Å². The summed E-state index contributed by atoms with van der Waals surface area (Å²) in [4.78, 5) is 34.3. The number of halogens is 1. The topological polar surface area (TPSA) is 117 Å². The van der Waals surface area contributed by atoms with Gasteiger partial charge in [-0.3, -0.25) is 10.1 Å². The molecule has 1 rings (SSSR count).